The topological polar surface area (TPSA) is 88.5 Å². The predicted molar refractivity (Wildman–Crippen MR) is 89.6 cm³/mol. The van der Waals surface area contributed by atoms with Crippen molar-refractivity contribution in [3.63, 3.8) is 0 Å². The Hall–Kier alpha value is -2.86. The maximum Gasteiger partial charge on any atom is 0.273 e. The van der Waals surface area contributed by atoms with E-state index in [9.17, 15) is 9.90 Å². The van der Waals surface area contributed by atoms with Crippen molar-refractivity contribution in [1.82, 2.24) is 10.5 Å². The molecule has 128 valence electrons. The first-order chi connectivity index (χ1) is 12.2. The molecule has 0 spiro atoms. The van der Waals surface area contributed by atoms with Crippen LogP contribution in [0.1, 0.15) is 29.1 Å². The second kappa shape index (κ2) is 6.22. The van der Waals surface area contributed by atoms with Gasteiger partial charge in [-0.2, -0.15) is 0 Å². The van der Waals surface area contributed by atoms with Crippen molar-refractivity contribution in [2.45, 2.75) is 18.4 Å². The van der Waals surface area contributed by atoms with Gasteiger partial charge in [-0.15, -0.1) is 0 Å². The molecule has 3 aromatic rings. The summed E-state index contributed by atoms with van der Waals surface area (Å²) in [6.45, 7) is 0.0670. The summed E-state index contributed by atoms with van der Waals surface area (Å²) in [6.07, 6.45) is 3.35. The Labute approximate surface area is 144 Å². The molecular formula is C19H18N2O4. The fraction of sp³-hybridized carbons (Fsp3) is 0.263. The van der Waals surface area contributed by atoms with Crippen LogP contribution in [0.5, 0.6) is 0 Å². The van der Waals surface area contributed by atoms with Gasteiger partial charge in [-0.3, -0.25) is 4.79 Å². The minimum atomic E-state index is -1.19. The molecule has 6 heteroatoms. The first kappa shape index (κ1) is 15.7. The van der Waals surface area contributed by atoms with E-state index in [1.165, 1.54) is 6.26 Å². The number of carbonyl (C=O) groups is 1. The molecule has 1 aliphatic carbocycles. The molecule has 1 fully saturated rings. The minimum absolute atomic E-state index is 0.0670. The number of nitrogens with one attached hydrogen (secondary N) is 1. The van der Waals surface area contributed by atoms with E-state index in [2.05, 4.69) is 10.5 Å². The Kier molecular flexibility index (Phi) is 3.89. The van der Waals surface area contributed by atoms with Crippen molar-refractivity contribution in [3.8, 4) is 11.3 Å². The van der Waals surface area contributed by atoms with E-state index in [-0.39, 0.29) is 18.2 Å². The van der Waals surface area contributed by atoms with Gasteiger partial charge in [0.25, 0.3) is 5.91 Å². The number of amides is 1. The Balaban J connectivity index is 1.46. The largest absolute Gasteiger partial charge is 0.466 e. The van der Waals surface area contributed by atoms with Gasteiger partial charge < -0.3 is 19.4 Å². The molecule has 2 aromatic heterocycles. The number of aliphatic hydroxyl groups is 1. The monoisotopic (exact) mass is 338 g/mol. The summed E-state index contributed by atoms with van der Waals surface area (Å²) in [5.41, 5.74) is -0.166. The third-order valence-corrected chi connectivity index (χ3v) is 4.52. The number of furan rings is 1. The van der Waals surface area contributed by atoms with Crippen LogP contribution in [0.4, 0.5) is 0 Å². The summed E-state index contributed by atoms with van der Waals surface area (Å²) in [5.74, 6) is 0.697. The van der Waals surface area contributed by atoms with Gasteiger partial charge in [-0.05, 0) is 30.9 Å². The van der Waals surface area contributed by atoms with Gasteiger partial charge >= 0.3 is 0 Å². The molecule has 0 radical (unpaired) electrons. The van der Waals surface area contributed by atoms with E-state index in [1.807, 2.05) is 30.3 Å². The van der Waals surface area contributed by atoms with E-state index >= 15 is 0 Å². The lowest BCUT2D eigenvalue weighted by Crippen LogP contribution is -2.42. The number of hydrogen-bond donors (Lipinski definition) is 2. The lowest BCUT2D eigenvalue weighted by atomic mass is 9.94. The summed E-state index contributed by atoms with van der Waals surface area (Å²) in [4.78, 5) is 12.4. The Morgan fingerprint density at radius 2 is 2.04 bits per heavy atom. The quantitative estimate of drug-likeness (QED) is 0.721. The standard InChI is InChI=1S/C19H18N2O4/c22-18(15-11-16(25-21-15)13-5-2-1-3-6-13)20-12-19(23,14-8-9-14)17-7-4-10-24-17/h1-7,10-11,14,23H,8-9,12H2,(H,20,22)/t19-/m0/s1. The first-order valence-electron chi connectivity index (χ1n) is 8.23. The smallest absolute Gasteiger partial charge is 0.273 e. The molecule has 0 bridgehead atoms. The molecule has 4 rings (SSSR count). The number of aromatic nitrogens is 1. The van der Waals surface area contributed by atoms with Crippen molar-refractivity contribution in [2.75, 3.05) is 6.54 Å². The van der Waals surface area contributed by atoms with Gasteiger partial charge in [0, 0.05) is 11.6 Å². The van der Waals surface area contributed by atoms with Crippen molar-refractivity contribution in [1.29, 1.82) is 0 Å². The van der Waals surface area contributed by atoms with Crippen LogP contribution in [0.25, 0.3) is 11.3 Å². The number of carbonyl (C=O) groups excluding carboxylic acids is 1. The maximum atomic E-state index is 12.4. The van der Waals surface area contributed by atoms with E-state index in [0.717, 1.165) is 18.4 Å². The molecule has 1 atom stereocenters. The Morgan fingerprint density at radius 1 is 1.24 bits per heavy atom. The Morgan fingerprint density at radius 3 is 2.72 bits per heavy atom. The third kappa shape index (κ3) is 3.08. The van der Waals surface area contributed by atoms with E-state index in [1.54, 1.807) is 18.2 Å². The highest BCUT2D eigenvalue weighted by molar-refractivity contribution is 5.93. The highest BCUT2D eigenvalue weighted by atomic mass is 16.5. The van der Waals surface area contributed by atoms with Crippen LogP contribution in [-0.2, 0) is 5.60 Å². The molecule has 1 saturated carbocycles. The second-order valence-electron chi connectivity index (χ2n) is 6.30. The minimum Gasteiger partial charge on any atom is -0.466 e. The molecule has 0 saturated heterocycles. The number of benzene rings is 1. The summed E-state index contributed by atoms with van der Waals surface area (Å²) in [7, 11) is 0. The molecule has 0 unspecified atom stereocenters. The summed E-state index contributed by atoms with van der Waals surface area (Å²) < 4.78 is 10.6. The molecule has 2 heterocycles. The Bertz CT molecular complexity index is 853. The van der Waals surface area contributed by atoms with Gasteiger partial charge in [0.05, 0.1) is 12.8 Å². The average molecular weight is 338 g/mol. The highest BCUT2D eigenvalue weighted by Crippen LogP contribution is 2.45. The van der Waals surface area contributed by atoms with Crippen LogP contribution in [0.2, 0.25) is 0 Å². The highest BCUT2D eigenvalue weighted by Gasteiger charge is 2.47. The average Bonchev–Trinajstić information content (AvgIpc) is 3.15. The summed E-state index contributed by atoms with van der Waals surface area (Å²) in [6, 6.07) is 14.5. The van der Waals surface area contributed by atoms with E-state index in [4.69, 9.17) is 8.94 Å². The van der Waals surface area contributed by atoms with Gasteiger partial charge in [0.1, 0.15) is 11.4 Å². The van der Waals surface area contributed by atoms with Crippen LogP contribution in [0, 0.1) is 5.92 Å². The predicted octanol–water partition coefficient (Wildman–Crippen LogP) is 2.96. The van der Waals surface area contributed by atoms with Crippen molar-refractivity contribution < 1.29 is 18.8 Å². The normalized spacial score (nSPS) is 16.4. The van der Waals surface area contributed by atoms with Gasteiger partial charge in [-0.25, -0.2) is 0 Å². The van der Waals surface area contributed by atoms with Crippen LogP contribution in [0.3, 0.4) is 0 Å². The molecule has 0 aliphatic heterocycles. The molecule has 25 heavy (non-hydrogen) atoms. The van der Waals surface area contributed by atoms with Gasteiger partial charge in [0.15, 0.2) is 11.5 Å². The molecule has 1 aromatic carbocycles. The third-order valence-electron chi connectivity index (χ3n) is 4.52. The SMILES string of the molecule is O=C(NC[C@@](O)(c1ccco1)C1CC1)c1cc(-c2ccccc2)on1. The first-order valence-corrected chi connectivity index (χ1v) is 8.23. The fourth-order valence-electron chi connectivity index (χ4n) is 2.94. The fourth-order valence-corrected chi connectivity index (χ4v) is 2.94. The van der Waals surface area contributed by atoms with Crippen molar-refractivity contribution in [2.24, 2.45) is 5.92 Å². The van der Waals surface area contributed by atoms with Crippen molar-refractivity contribution in [3.05, 3.63) is 66.2 Å². The summed E-state index contributed by atoms with van der Waals surface area (Å²) >= 11 is 0. The molecule has 2 N–H and O–H groups in total. The van der Waals surface area contributed by atoms with Crippen LogP contribution in [0.15, 0.2) is 63.7 Å². The lowest BCUT2D eigenvalue weighted by molar-refractivity contribution is -0.00617. The maximum absolute atomic E-state index is 12.4. The van der Waals surface area contributed by atoms with Crippen LogP contribution < -0.4 is 5.32 Å². The molecule has 1 amide bonds. The summed E-state index contributed by atoms with van der Waals surface area (Å²) in [5, 5.41) is 17.5. The number of nitrogens with zero attached hydrogens (tertiary/aromatic N) is 1. The number of rotatable bonds is 6. The number of hydrogen-bond acceptors (Lipinski definition) is 5. The molecule has 6 nitrogen and oxygen atoms in total. The zero-order valence-electron chi connectivity index (χ0n) is 13.5. The second-order valence-corrected chi connectivity index (χ2v) is 6.30. The molecule has 1 aliphatic rings. The molecular weight excluding hydrogens is 320 g/mol. The van der Waals surface area contributed by atoms with Crippen molar-refractivity contribution >= 4 is 5.91 Å². The van der Waals surface area contributed by atoms with Gasteiger partial charge in [-0.1, -0.05) is 35.5 Å². The zero-order valence-corrected chi connectivity index (χ0v) is 13.5. The van der Waals surface area contributed by atoms with Crippen LogP contribution in [-0.4, -0.2) is 22.7 Å². The van der Waals surface area contributed by atoms with Crippen LogP contribution >= 0.6 is 0 Å². The van der Waals surface area contributed by atoms with E-state index < -0.39 is 11.5 Å². The van der Waals surface area contributed by atoms with Gasteiger partial charge in [0.2, 0.25) is 0 Å². The van der Waals surface area contributed by atoms with E-state index in [0.29, 0.717) is 11.5 Å². The zero-order chi connectivity index (χ0) is 17.3. The lowest BCUT2D eigenvalue weighted by Gasteiger charge is -2.26.